The minimum absolute atomic E-state index is 0.00112. The Balaban J connectivity index is 1.72. The summed E-state index contributed by atoms with van der Waals surface area (Å²) in [5.74, 6) is -1.33. The summed E-state index contributed by atoms with van der Waals surface area (Å²) >= 11 is 6.03. The van der Waals surface area contributed by atoms with Gasteiger partial charge in [0.2, 0.25) is 5.79 Å². The average molecular weight is 372 g/mol. The fraction of sp³-hybridized carbons (Fsp3) is 0.118. The zero-order valence-corrected chi connectivity index (χ0v) is 14.3. The van der Waals surface area contributed by atoms with Crippen LogP contribution in [0.3, 0.4) is 0 Å². The molecule has 0 fully saturated rings. The first-order chi connectivity index (χ1) is 12.4. The van der Waals surface area contributed by atoms with Gasteiger partial charge in [-0.2, -0.15) is 0 Å². The van der Waals surface area contributed by atoms with Crippen molar-refractivity contribution in [3.63, 3.8) is 0 Å². The number of imidazole rings is 1. The van der Waals surface area contributed by atoms with Gasteiger partial charge >= 0.3 is 0 Å². The quantitative estimate of drug-likeness (QED) is 0.650. The van der Waals surface area contributed by atoms with E-state index in [2.05, 4.69) is 20.3 Å². The van der Waals surface area contributed by atoms with E-state index in [1.807, 2.05) is 22.7 Å². The monoisotopic (exact) mass is 371 g/mol. The highest BCUT2D eigenvalue weighted by molar-refractivity contribution is 6.31. The molecule has 9 heteroatoms. The number of nitrogens with one attached hydrogen (secondary N) is 1. The number of fused-ring (bicyclic) bond motifs is 1. The van der Waals surface area contributed by atoms with Gasteiger partial charge in [0.05, 0.1) is 23.1 Å². The summed E-state index contributed by atoms with van der Waals surface area (Å²) in [5, 5.41) is 2.91. The van der Waals surface area contributed by atoms with Gasteiger partial charge in [0.15, 0.2) is 5.96 Å². The summed E-state index contributed by atoms with van der Waals surface area (Å²) in [4.78, 5) is 12.8. The van der Waals surface area contributed by atoms with Gasteiger partial charge in [0.1, 0.15) is 11.7 Å². The number of amidine groups is 1. The maximum Gasteiger partial charge on any atom is 0.212 e. The minimum Gasteiger partial charge on any atom is -0.370 e. The van der Waals surface area contributed by atoms with E-state index >= 15 is 0 Å². The van der Waals surface area contributed by atoms with Crippen molar-refractivity contribution in [2.75, 3.05) is 0 Å². The van der Waals surface area contributed by atoms with Crippen molar-refractivity contribution in [1.29, 1.82) is 0 Å². The fourth-order valence-corrected chi connectivity index (χ4v) is 3.04. The number of hydrogen-bond donors (Lipinski definition) is 3. The van der Waals surface area contributed by atoms with Crippen LogP contribution in [0.2, 0.25) is 5.02 Å². The lowest BCUT2D eigenvalue weighted by Gasteiger charge is -2.28. The fourth-order valence-electron chi connectivity index (χ4n) is 2.85. The number of nitrogens with zero attached hydrogens (tertiary/aromatic N) is 4. The SMILES string of the molecule is NC1=NC(N)(Cc2cccc(F)c2Cl)N=C(c2ccc3cncn3c2)N1. The lowest BCUT2D eigenvalue weighted by atomic mass is 10.1. The zero-order chi connectivity index (χ0) is 18.3. The van der Waals surface area contributed by atoms with Crippen molar-refractivity contribution in [2.24, 2.45) is 21.5 Å². The lowest BCUT2D eigenvalue weighted by molar-refractivity contribution is 0.457. The highest BCUT2D eigenvalue weighted by atomic mass is 35.5. The second-order valence-corrected chi connectivity index (χ2v) is 6.37. The van der Waals surface area contributed by atoms with Crippen LogP contribution in [0.5, 0.6) is 0 Å². The van der Waals surface area contributed by atoms with E-state index in [1.54, 1.807) is 24.7 Å². The normalized spacial score (nSPS) is 19.8. The van der Waals surface area contributed by atoms with Crippen LogP contribution in [-0.4, -0.2) is 27.0 Å². The van der Waals surface area contributed by atoms with Gasteiger partial charge in [-0.25, -0.2) is 19.4 Å². The van der Waals surface area contributed by atoms with Crippen molar-refractivity contribution in [3.05, 3.63) is 71.0 Å². The van der Waals surface area contributed by atoms with Gasteiger partial charge in [-0.15, -0.1) is 0 Å². The molecule has 3 heterocycles. The molecule has 2 aromatic heterocycles. The summed E-state index contributed by atoms with van der Waals surface area (Å²) in [5.41, 5.74) is 14.4. The third-order valence-electron chi connectivity index (χ3n) is 4.03. The third-order valence-corrected chi connectivity index (χ3v) is 4.45. The van der Waals surface area contributed by atoms with Crippen molar-refractivity contribution in [1.82, 2.24) is 14.7 Å². The van der Waals surface area contributed by atoms with Crippen LogP contribution in [0.1, 0.15) is 11.1 Å². The smallest absolute Gasteiger partial charge is 0.212 e. The van der Waals surface area contributed by atoms with Crippen LogP contribution in [0.25, 0.3) is 5.52 Å². The van der Waals surface area contributed by atoms with E-state index < -0.39 is 11.6 Å². The highest BCUT2D eigenvalue weighted by Gasteiger charge is 2.30. The van der Waals surface area contributed by atoms with Gasteiger partial charge in [0.25, 0.3) is 0 Å². The molecule has 0 saturated carbocycles. The average Bonchev–Trinajstić information content (AvgIpc) is 3.05. The molecule has 1 unspecified atom stereocenters. The maximum absolute atomic E-state index is 13.7. The van der Waals surface area contributed by atoms with E-state index in [-0.39, 0.29) is 17.4 Å². The van der Waals surface area contributed by atoms with Crippen LogP contribution >= 0.6 is 11.6 Å². The second kappa shape index (κ2) is 6.08. The third kappa shape index (κ3) is 3.00. The number of guanidine groups is 1. The molecule has 0 saturated heterocycles. The predicted molar refractivity (Wildman–Crippen MR) is 98.5 cm³/mol. The van der Waals surface area contributed by atoms with Crippen molar-refractivity contribution < 1.29 is 4.39 Å². The molecule has 1 atom stereocenters. The Kier molecular flexibility index (Phi) is 3.86. The molecule has 26 heavy (non-hydrogen) atoms. The molecular weight excluding hydrogens is 357 g/mol. The zero-order valence-electron chi connectivity index (χ0n) is 13.5. The molecule has 0 spiro atoms. The van der Waals surface area contributed by atoms with E-state index in [1.165, 1.54) is 6.07 Å². The van der Waals surface area contributed by atoms with Gasteiger partial charge in [-0.1, -0.05) is 23.7 Å². The number of halogens is 2. The Morgan fingerprint density at radius 1 is 1.23 bits per heavy atom. The van der Waals surface area contributed by atoms with Crippen LogP contribution in [-0.2, 0) is 6.42 Å². The Morgan fingerprint density at radius 2 is 2.08 bits per heavy atom. The molecule has 1 aliphatic heterocycles. The molecule has 7 nitrogen and oxygen atoms in total. The Hall–Kier alpha value is -2.97. The van der Waals surface area contributed by atoms with Gasteiger partial charge in [-0.05, 0) is 23.8 Å². The van der Waals surface area contributed by atoms with Gasteiger partial charge in [-0.3, -0.25) is 5.73 Å². The van der Waals surface area contributed by atoms with Gasteiger partial charge < -0.3 is 15.5 Å². The summed E-state index contributed by atoms with van der Waals surface area (Å²) in [6.45, 7) is 0. The molecule has 1 aromatic carbocycles. The Morgan fingerprint density at radius 3 is 2.92 bits per heavy atom. The van der Waals surface area contributed by atoms with E-state index in [4.69, 9.17) is 23.1 Å². The molecule has 0 amide bonds. The molecule has 0 radical (unpaired) electrons. The standard InChI is InChI=1S/C17H15ClFN7/c18-14-10(2-1-3-13(14)19)6-17(21)24-15(23-16(20)25-17)11-4-5-12-7-22-9-26(12)8-11/h1-5,7-9H,6,21H2,(H3,20,23,24,25). The van der Waals surface area contributed by atoms with Gasteiger partial charge in [0, 0.05) is 18.2 Å². The highest BCUT2D eigenvalue weighted by Crippen LogP contribution is 2.25. The molecule has 3 aromatic rings. The predicted octanol–water partition coefficient (Wildman–Crippen LogP) is 1.65. The Bertz CT molecular complexity index is 1060. The number of rotatable bonds is 3. The van der Waals surface area contributed by atoms with Crippen LogP contribution in [0.4, 0.5) is 4.39 Å². The van der Waals surface area contributed by atoms with E-state index in [9.17, 15) is 4.39 Å². The van der Waals surface area contributed by atoms with E-state index in [0.29, 0.717) is 11.4 Å². The maximum atomic E-state index is 13.7. The molecule has 5 N–H and O–H groups in total. The number of benzene rings is 1. The van der Waals surface area contributed by atoms with Crippen molar-refractivity contribution >= 4 is 28.9 Å². The summed E-state index contributed by atoms with van der Waals surface area (Å²) < 4.78 is 15.6. The second-order valence-electron chi connectivity index (χ2n) is 5.99. The number of aliphatic imine (C=N–C) groups is 2. The molecule has 0 bridgehead atoms. The number of hydrogen-bond acceptors (Lipinski definition) is 6. The molecule has 4 rings (SSSR count). The lowest BCUT2D eigenvalue weighted by Crippen LogP contribution is -2.51. The first kappa shape index (κ1) is 16.5. The van der Waals surface area contributed by atoms with Crippen LogP contribution in [0, 0.1) is 5.82 Å². The van der Waals surface area contributed by atoms with Crippen molar-refractivity contribution in [2.45, 2.75) is 12.2 Å². The van der Waals surface area contributed by atoms with Crippen LogP contribution in [0.15, 0.2) is 59.0 Å². The number of pyridine rings is 1. The number of aromatic nitrogens is 2. The first-order valence-electron chi connectivity index (χ1n) is 7.80. The minimum atomic E-state index is -1.40. The first-order valence-corrected chi connectivity index (χ1v) is 8.17. The van der Waals surface area contributed by atoms with Crippen LogP contribution < -0.4 is 16.8 Å². The molecule has 0 aliphatic carbocycles. The molecule has 1 aliphatic rings. The topological polar surface area (TPSA) is 106 Å². The molecule has 132 valence electrons. The van der Waals surface area contributed by atoms with Crippen molar-refractivity contribution in [3.8, 4) is 0 Å². The molecular formula is C17H15ClFN7. The van der Waals surface area contributed by atoms with E-state index in [0.717, 1.165) is 11.1 Å². The largest absolute Gasteiger partial charge is 0.370 e. The summed E-state index contributed by atoms with van der Waals surface area (Å²) in [6.07, 6.45) is 5.38. The summed E-state index contributed by atoms with van der Waals surface area (Å²) in [7, 11) is 0. The number of nitrogens with two attached hydrogens (primary N) is 2. The Labute approximate surface area is 153 Å². The summed E-state index contributed by atoms with van der Waals surface area (Å²) in [6, 6.07) is 8.30.